The summed E-state index contributed by atoms with van der Waals surface area (Å²) in [5.74, 6) is 0.907. The molecule has 154 valence electrons. The lowest BCUT2D eigenvalue weighted by Gasteiger charge is -2.32. The lowest BCUT2D eigenvalue weighted by molar-refractivity contribution is 0.102. The molecule has 1 saturated heterocycles. The van der Waals surface area contributed by atoms with Crippen molar-refractivity contribution in [1.82, 2.24) is 9.80 Å². The first-order valence-corrected chi connectivity index (χ1v) is 9.82. The number of piperazine rings is 1. The molecule has 6 heteroatoms. The summed E-state index contributed by atoms with van der Waals surface area (Å²) in [7, 11) is 3.71. The van der Waals surface area contributed by atoms with Gasteiger partial charge in [-0.15, -0.1) is 0 Å². The third-order valence-electron chi connectivity index (χ3n) is 5.00. The number of rotatable bonds is 8. The predicted octanol–water partition coefficient (Wildman–Crippen LogP) is 3.26. The molecule has 2 aromatic rings. The quantitative estimate of drug-likeness (QED) is 0.696. The van der Waals surface area contributed by atoms with Crippen molar-refractivity contribution in [1.29, 1.82) is 0 Å². The first-order chi connectivity index (χ1) is 14.1. The topological polar surface area (TPSA) is 54.0 Å². The molecule has 1 heterocycles. The monoisotopic (exact) mass is 395 g/mol. The Morgan fingerprint density at radius 1 is 1.10 bits per heavy atom. The molecule has 0 saturated carbocycles. The van der Waals surface area contributed by atoms with Crippen LogP contribution in [0.1, 0.15) is 15.9 Å². The van der Waals surface area contributed by atoms with Crippen molar-refractivity contribution >= 4 is 11.6 Å². The minimum absolute atomic E-state index is 0.189. The standard InChI is InChI=1S/C23H29N3O3/c1-4-15-29-21-10-7-19(16-22(21)28-3)23(27)24-20-8-5-18(6-9-20)17-26-13-11-25(2)12-14-26/h4-10,16H,1,11-15,17H2,2-3H3,(H,24,27). The number of ether oxygens (including phenoxy) is 2. The molecule has 29 heavy (non-hydrogen) atoms. The van der Waals surface area contributed by atoms with E-state index in [1.807, 2.05) is 12.1 Å². The molecule has 1 fully saturated rings. The molecule has 1 aliphatic heterocycles. The average Bonchev–Trinajstić information content (AvgIpc) is 2.75. The van der Waals surface area contributed by atoms with Crippen molar-refractivity contribution in [2.75, 3.05) is 52.3 Å². The molecule has 0 bridgehead atoms. The molecule has 0 spiro atoms. The van der Waals surface area contributed by atoms with E-state index in [4.69, 9.17) is 9.47 Å². The van der Waals surface area contributed by atoms with Crippen molar-refractivity contribution in [2.45, 2.75) is 6.54 Å². The Kier molecular flexibility index (Phi) is 7.27. The Hall–Kier alpha value is -2.83. The predicted molar refractivity (Wildman–Crippen MR) is 116 cm³/mol. The third-order valence-corrected chi connectivity index (χ3v) is 5.00. The van der Waals surface area contributed by atoms with Gasteiger partial charge in [-0.2, -0.15) is 0 Å². The summed E-state index contributed by atoms with van der Waals surface area (Å²) in [4.78, 5) is 17.4. The summed E-state index contributed by atoms with van der Waals surface area (Å²) in [5.41, 5.74) is 2.52. The Morgan fingerprint density at radius 2 is 1.83 bits per heavy atom. The van der Waals surface area contributed by atoms with Crippen LogP contribution in [-0.2, 0) is 6.54 Å². The SMILES string of the molecule is C=CCOc1ccc(C(=O)Nc2ccc(CN3CCN(C)CC3)cc2)cc1OC. The maximum Gasteiger partial charge on any atom is 0.255 e. The second-order valence-corrected chi connectivity index (χ2v) is 7.20. The molecule has 3 rings (SSSR count). The molecule has 0 unspecified atom stereocenters. The Labute approximate surface area is 172 Å². The first kappa shape index (κ1) is 20.9. The van der Waals surface area contributed by atoms with Gasteiger partial charge in [0.1, 0.15) is 6.61 Å². The molecular formula is C23H29N3O3. The maximum absolute atomic E-state index is 12.6. The van der Waals surface area contributed by atoms with E-state index >= 15 is 0 Å². The smallest absolute Gasteiger partial charge is 0.255 e. The fourth-order valence-electron chi connectivity index (χ4n) is 3.24. The maximum atomic E-state index is 12.6. The van der Waals surface area contributed by atoms with Crippen LogP contribution in [0.15, 0.2) is 55.1 Å². The van der Waals surface area contributed by atoms with Crippen LogP contribution in [0, 0.1) is 0 Å². The van der Waals surface area contributed by atoms with Crippen molar-refractivity contribution in [3.8, 4) is 11.5 Å². The number of methoxy groups -OCH3 is 1. The average molecular weight is 396 g/mol. The van der Waals surface area contributed by atoms with E-state index in [0.717, 1.165) is 38.4 Å². The van der Waals surface area contributed by atoms with Crippen LogP contribution in [0.5, 0.6) is 11.5 Å². The van der Waals surface area contributed by atoms with Crippen molar-refractivity contribution in [3.05, 3.63) is 66.2 Å². The number of benzene rings is 2. The Morgan fingerprint density at radius 3 is 2.48 bits per heavy atom. The molecule has 1 aliphatic rings. The number of hydrogen-bond acceptors (Lipinski definition) is 5. The van der Waals surface area contributed by atoms with Gasteiger partial charge in [-0.1, -0.05) is 24.8 Å². The van der Waals surface area contributed by atoms with Crippen LogP contribution in [-0.4, -0.2) is 62.7 Å². The normalized spacial score (nSPS) is 15.0. The summed E-state index contributed by atoms with van der Waals surface area (Å²) in [6, 6.07) is 13.2. The fraction of sp³-hybridized carbons (Fsp3) is 0.348. The second kappa shape index (κ2) is 10.1. The van der Waals surface area contributed by atoms with Crippen LogP contribution in [0.3, 0.4) is 0 Å². The van der Waals surface area contributed by atoms with Gasteiger partial charge < -0.3 is 19.7 Å². The van der Waals surface area contributed by atoms with Crippen LogP contribution in [0.25, 0.3) is 0 Å². The van der Waals surface area contributed by atoms with Crippen LogP contribution >= 0.6 is 0 Å². The van der Waals surface area contributed by atoms with Gasteiger partial charge in [0.15, 0.2) is 11.5 Å². The Balaban J connectivity index is 1.59. The lowest BCUT2D eigenvalue weighted by Crippen LogP contribution is -2.43. The number of carbonyl (C=O) groups is 1. The summed E-state index contributed by atoms with van der Waals surface area (Å²) < 4.78 is 10.9. The number of carbonyl (C=O) groups excluding carboxylic acids is 1. The number of hydrogen-bond donors (Lipinski definition) is 1. The zero-order valence-electron chi connectivity index (χ0n) is 17.2. The first-order valence-electron chi connectivity index (χ1n) is 9.82. The van der Waals surface area contributed by atoms with E-state index in [1.54, 1.807) is 31.4 Å². The number of likely N-dealkylation sites (N-methyl/N-ethyl adjacent to an activating group) is 1. The van der Waals surface area contributed by atoms with E-state index in [1.165, 1.54) is 5.56 Å². The molecule has 1 N–H and O–H groups in total. The summed E-state index contributed by atoms with van der Waals surface area (Å²) in [6.07, 6.45) is 1.66. The van der Waals surface area contributed by atoms with Gasteiger partial charge in [-0.25, -0.2) is 0 Å². The minimum atomic E-state index is -0.189. The highest BCUT2D eigenvalue weighted by atomic mass is 16.5. The number of amides is 1. The van der Waals surface area contributed by atoms with Gasteiger partial charge in [-0.05, 0) is 42.9 Å². The van der Waals surface area contributed by atoms with Gasteiger partial charge in [0.2, 0.25) is 0 Å². The van der Waals surface area contributed by atoms with E-state index in [9.17, 15) is 4.79 Å². The molecule has 2 aromatic carbocycles. The van der Waals surface area contributed by atoms with Gasteiger partial charge in [-0.3, -0.25) is 9.69 Å². The van der Waals surface area contributed by atoms with E-state index < -0.39 is 0 Å². The van der Waals surface area contributed by atoms with Crippen molar-refractivity contribution < 1.29 is 14.3 Å². The molecular weight excluding hydrogens is 366 g/mol. The van der Waals surface area contributed by atoms with Crippen LogP contribution in [0.2, 0.25) is 0 Å². The van der Waals surface area contributed by atoms with E-state index in [2.05, 4.69) is 40.9 Å². The van der Waals surface area contributed by atoms with Crippen LogP contribution < -0.4 is 14.8 Å². The summed E-state index contributed by atoms with van der Waals surface area (Å²) in [6.45, 7) is 9.33. The minimum Gasteiger partial charge on any atom is -0.493 e. The lowest BCUT2D eigenvalue weighted by atomic mass is 10.1. The van der Waals surface area contributed by atoms with Gasteiger partial charge in [0, 0.05) is 44.0 Å². The number of anilines is 1. The highest BCUT2D eigenvalue weighted by Gasteiger charge is 2.14. The highest BCUT2D eigenvalue weighted by molar-refractivity contribution is 6.04. The zero-order valence-corrected chi connectivity index (χ0v) is 17.2. The van der Waals surface area contributed by atoms with Gasteiger partial charge in [0.25, 0.3) is 5.91 Å². The van der Waals surface area contributed by atoms with E-state index in [0.29, 0.717) is 23.7 Å². The summed E-state index contributed by atoms with van der Waals surface area (Å²) in [5, 5.41) is 2.94. The van der Waals surface area contributed by atoms with Gasteiger partial charge in [0.05, 0.1) is 7.11 Å². The molecule has 0 aromatic heterocycles. The van der Waals surface area contributed by atoms with Gasteiger partial charge >= 0.3 is 0 Å². The second-order valence-electron chi connectivity index (χ2n) is 7.20. The molecule has 1 amide bonds. The molecule has 0 atom stereocenters. The van der Waals surface area contributed by atoms with Crippen LogP contribution in [0.4, 0.5) is 5.69 Å². The number of nitrogens with one attached hydrogen (secondary N) is 1. The van der Waals surface area contributed by atoms with Crippen molar-refractivity contribution in [2.24, 2.45) is 0 Å². The molecule has 6 nitrogen and oxygen atoms in total. The number of nitrogens with zero attached hydrogens (tertiary/aromatic N) is 2. The highest BCUT2D eigenvalue weighted by Crippen LogP contribution is 2.28. The molecule has 0 aliphatic carbocycles. The Bertz CT molecular complexity index is 828. The molecule has 0 radical (unpaired) electrons. The fourth-order valence-corrected chi connectivity index (χ4v) is 3.24. The van der Waals surface area contributed by atoms with E-state index in [-0.39, 0.29) is 5.91 Å². The largest absolute Gasteiger partial charge is 0.493 e. The summed E-state index contributed by atoms with van der Waals surface area (Å²) >= 11 is 0. The zero-order chi connectivity index (χ0) is 20.6. The van der Waals surface area contributed by atoms with Crippen molar-refractivity contribution in [3.63, 3.8) is 0 Å². The third kappa shape index (κ3) is 5.82.